The van der Waals surface area contributed by atoms with E-state index in [9.17, 15) is 4.79 Å². The molecular formula is C22H28N6O3. The second kappa shape index (κ2) is 8.49. The summed E-state index contributed by atoms with van der Waals surface area (Å²) in [5.74, 6) is 0.672. The molecule has 0 amide bonds. The Kier molecular flexibility index (Phi) is 5.56. The summed E-state index contributed by atoms with van der Waals surface area (Å²) < 4.78 is 13.2. The van der Waals surface area contributed by atoms with Crippen LogP contribution in [0.4, 0.5) is 0 Å². The van der Waals surface area contributed by atoms with Gasteiger partial charge < -0.3 is 14.5 Å². The van der Waals surface area contributed by atoms with Crippen LogP contribution in [0.15, 0.2) is 23.0 Å². The molecule has 2 unspecified atom stereocenters. The van der Waals surface area contributed by atoms with Crippen LogP contribution in [-0.4, -0.2) is 69.1 Å². The van der Waals surface area contributed by atoms with E-state index in [1.54, 1.807) is 4.68 Å². The summed E-state index contributed by atoms with van der Waals surface area (Å²) in [6, 6.07) is 5.79. The molecule has 2 saturated heterocycles. The van der Waals surface area contributed by atoms with Crippen molar-refractivity contribution in [2.45, 2.75) is 45.4 Å². The molecular weight excluding hydrogens is 396 g/mol. The molecule has 2 aromatic heterocycles. The molecule has 164 valence electrons. The van der Waals surface area contributed by atoms with Crippen molar-refractivity contribution in [3.8, 4) is 0 Å². The number of tetrazole rings is 1. The normalized spacial score (nSPS) is 21.0. The quantitative estimate of drug-likeness (QED) is 0.666. The van der Waals surface area contributed by atoms with Crippen LogP contribution in [0, 0.1) is 13.8 Å². The number of benzene rings is 1. The number of nitrogens with one attached hydrogen (secondary N) is 1. The van der Waals surface area contributed by atoms with Crippen molar-refractivity contribution in [1.82, 2.24) is 30.1 Å². The second-order valence-corrected chi connectivity index (χ2v) is 8.48. The molecule has 0 saturated carbocycles. The number of hydrogen-bond acceptors (Lipinski definition) is 7. The van der Waals surface area contributed by atoms with Gasteiger partial charge in [-0.3, -0.25) is 9.69 Å². The number of pyridine rings is 1. The van der Waals surface area contributed by atoms with Crippen LogP contribution in [-0.2, 0) is 16.0 Å². The Labute approximate surface area is 180 Å². The maximum absolute atomic E-state index is 13.2. The van der Waals surface area contributed by atoms with Gasteiger partial charge in [-0.2, -0.15) is 0 Å². The number of morpholine rings is 1. The van der Waals surface area contributed by atoms with Gasteiger partial charge in [-0.25, -0.2) is 4.68 Å². The number of ether oxygens (including phenoxy) is 2. The average Bonchev–Trinajstić information content (AvgIpc) is 3.44. The summed E-state index contributed by atoms with van der Waals surface area (Å²) in [5.41, 5.74) is 3.73. The topological polar surface area (TPSA) is 98.2 Å². The molecule has 1 N–H and O–H groups in total. The highest BCUT2D eigenvalue weighted by atomic mass is 16.5. The SMILES string of the molecule is Cc1cc2cc(C(c3nnnn3CC3CCCO3)N3CCOCC3)c(=O)[nH]c2cc1C. The predicted octanol–water partition coefficient (Wildman–Crippen LogP) is 1.73. The van der Waals surface area contributed by atoms with Gasteiger partial charge in [-0.15, -0.1) is 5.10 Å². The van der Waals surface area contributed by atoms with Gasteiger partial charge in [0.2, 0.25) is 0 Å². The van der Waals surface area contributed by atoms with E-state index in [0.717, 1.165) is 35.9 Å². The van der Waals surface area contributed by atoms with Crippen molar-refractivity contribution >= 4 is 10.9 Å². The predicted molar refractivity (Wildman–Crippen MR) is 115 cm³/mol. The molecule has 2 atom stereocenters. The number of H-pyrrole nitrogens is 1. The zero-order chi connectivity index (χ0) is 21.4. The lowest BCUT2D eigenvalue weighted by Gasteiger charge is -2.33. The Balaban J connectivity index is 1.61. The van der Waals surface area contributed by atoms with E-state index in [1.807, 2.05) is 12.1 Å². The molecule has 5 rings (SSSR count). The fraction of sp³-hybridized carbons (Fsp3) is 0.545. The van der Waals surface area contributed by atoms with Crippen LogP contribution in [0.5, 0.6) is 0 Å². The van der Waals surface area contributed by atoms with Gasteiger partial charge in [-0.1, -0.05) is 0 Å². The minimum Gasteiger partial charge on any atom is -0.379 e. The van der Waals surface area contributed by atoms with Gasteiger partial charge in [0.15, 0.2) is 5.82 Å². The third-order valence-electron chi connectivity index (χ3n) is 6.40. The van der Waals surface area contributed by atoms with Crippen LogP contribution in [0.2, 0.25) is 0 Å². The molecule has 3 aromatic rings. The van der Waals surface area contributed by atoms with Crippen molar-refractivity contribution in [1.29, 1.82) is 0 Å². The number of aromatic amines is 1. The smallest absolute Gasteiger partial charge is 0.253 e. The molecule has 0 aliphatic carbocycles. The van der Waals surface area contributed by atoms with Gasteiger partial charge in [0, 0.05) is 30.8 Å². The maximum atomic E-state index is 13.2. The summed E-state index contributed by atoms with van der Waals surface area (Å²) in [6.07, 6.45) is 2.16. The molecule has 0 radical (unpaired) electrons. The Bertz CT molecular complexity index is 1130. The molecule has 9 heteroatoms. The monoisotopic (exact) mass is 424 g/mol. The number of aromatic nitrogens is 5. The number of aryl methyl sites for hydroxylation is 2. The van der Waals surface area contributed by atoms with Gasteiger partial charge in [0.1, 0.15) is 6.04 Å². The van der Waals surface area contributed by atoms with E-state index in [4.69, 9.17) is 9.47 Å². The number of hydrogen-bond donors (Lipinski definition) is 1. The summed E-state index contributed by atoms with van der Waals surface area (Å²) in [6.45, 7) is 8.16. The molecule has 1 aromatic carbocycles. The summed E-state index contributed by atoms with van der Waals surface area (Å²) in [4.78, 5) is 18.6. The maximum Gasteiger partial charge on any atom is 0.253 e. The standard InChI is InChI=1S/C22H28N6O3/c1-14-10-16-12-18(22(29)23-19(16)11-15(14)2)20(27-5-8-30-9-6-27)21-24-25-26-28(21)13-17-4-3-7-31-17/h10-12,17,20H,3-9,13H2,1-2H3,(H,23,29). The molecule has 0 spiro atoms. The third kappa shape index (κ3) is 4.00. The first-order valence-electron chi connectivity index (χ1n) is 10.9. The molecule has 2 aliphatic heterocycles. The van der Waals surface area contributed by atoms with E-state index in [2.05, 4.69) is 45.3 Å². The fourth-order valence-corrected chi connectivity index (χ4v) is 4.55. The summed E-state index contributed by atoms with van der Waals surface area (Å²) in [5, 5.41) is 13.6. The highest BCUT2D eigenvalue weighted by Gasteiger charge is 2.32. The van der Waals surface area contributed by atoms with Crippen molar-refractivity contribution in [2.75, 3.05) is 32.9 Å². The Morgan fingerprint density at radius 2 is 1.97 bits per heavy atom. The van der Waals surface area contributed by atoms with Crippen molar-refractivity contribution in [2.24, 2.45) is 0 Å². The highest BCUT2D eigenvalue weighted by Crippen LogP contribution is 2.28. The van der Waals surface area contributed by atoms with Crippen LogP contribution >= 0.6 is 0 Å². The number of rotatable bonds is 5. The van der Waals surface area contributed by atoms with Gasteiger partial charge in [-0.05, 0) is 71.8 Å². The zero-order valence-electron chi connectivity index (χ0n) is 18.0. The average molecular weight is 425 g/mol. The lowest BCUT2D eigenvalue weighted by molar-refractivity contribution is 0.0205. The summed E-state index contributed by atoms with van der Waals surface area (Å²) in [7, 11) is 0. The third-order valence-corrected chi connectivity index (χ3v) is 6.40. The lowest BCUT2D eigenvalue weighted by Crippen LogP contribution is -2.42. The number of fused-ring (bicyclic) bond motifs is 1. The van der Waals surface area contributed by atoms with Crippen LogP contribution in [0.25, 0.3) is 10.9 Å². The molecule has 31 heavy (non-hydrogen) atoms. The zero-order valence-corrected chi connectivity index (χ0v) is 18.0. The van der Waals surface area contributed by atoms with Crippen molar-refractivity contribution < 1.29 is 9.47 Å². The Morgan fingerprint density at radius 1 is 1.16 bits per heavy atom. The first-order chi connectivity index (χ1) is 15.1. The van der Waals surface area contributed by atoms with Crippen LogP contribution in [0.3, 0.4) is 0 Å². The second-order valence-electron chi connectivity index (χ2n) is 8.48. The number of nitrogens with zero attached hydrogens (tertiary/aromatic N) is 5. The van der Waals surface area contributed by atoms with Gasteiger partial charge in [0.05, 0.1) is 25.9 Å². The Hall–Kier alpha value is -2.62. The molecule has 4 heterocycles. The minimum atomic E-state index is -0.352. The highest BCUT2D eigenvalue weighted by molar-refractivity contribution is 5.81. The van der Waals surface area contributed by atoms with Crippen LogP contribution in [0.1, 0.15) is 41.4 Å². The minimum absolute atomic E-state index is 0.105. The van der Waals surface area contributed by atoms with E-state index < -0.39 is 0 Å². The Morgan fingerprint density at radius 3 is 2.74 bits per heavy atom. The van der Waals surface area contributed by atoms with Crippen molar-refractivity contribution in [3.63, 3.8) is 0 Å². The first kappa shape index (κ1) is 20.3. The molecule has 2 aliphatic rings. The van der Waals surface area contributed by atoms with E-state index >= 15 is 0 Å². The van der Waals surface area contributed by atoms with Gasteiger partial charge in [0.25, 0.3) is 5.56 Å². The molecule has 0 bridgehead atoms. The van der Waals surface area contributed by atoms with E-state index in [1.165, 1.54) is 5.56 Å². The fourth-order valence-electron chi connectivity index (χ4n) is 4.55. The van der Waals surface area contributed by atoms with Crippen LogP contribution < -0.4 is 5.56 Å². The summed E-state index contributed by atoms with van der Waals surface area (Å²) >= 11 is 0. The lowest BCUT2D eigenvalue weighted by atomic mass is 10.0. The molecule has 2 fully saturated rings. The van der Waals surface area contributed by atoms with E-state index in [-0.39, 0.29) is 17.7 Å². The van der Waals surface area contributed by atoms with Gasteiger partial charge >= 0.3 is 0 Å². The first-order valence-corrected chi connectivity index (χ1v) is 10.9. The molecule has 9 nitrogen and oxygen atoms in total. The van der Waals surface area contributed by atoms with E-state index in [0.29, 0.717) is 44.2 Å². The van der Waals surface area contributed by atoms with Crippen molar-refractivity contribution in [3.05, 3.63) is 51.1 Å². The largest absolute Gasteiger partial charge is 0.379 e.